The molecule has 0 bridgehead atoms. The Morgan fingerprint density at radius 3 is 2.50 bits per heavy atom. The molecule has 106 valence electrons. The van der Waals surface area contributed by atoms with Crippen molar-refractivity contribution in [3.05, 3.63) is 0 Å². The van der Waals surface area contributed by atoms with Crippen molar-refractivity contribution in [3.63, 3.8) is 0 Å². The Kier molecular flexibility index (Phi) is 4.38. The Morgan fingerprint density at radius 1 is 1.11 bits per heavy atom. The molecule has 18 heavy (non-hydrogen) atoms. The summed E-state index contributed by atoms with van der Waals surface area (Å²) in [5.41, 5.74) is 7.15. The summed E-state index contributed by atoms with van der Waals surface area (Å²) in [6.45, 7) is 8.08. The first-order valence-corrected chi connectivity index (χ1v) is 7.80. The van der Waals surface area contributed by atoms with Gasteiger partial charge in [0.15, 0.2) is 0 Å². The lowest BCUT2D eigenvalue weighted by molar-refractivity contribution is 0.0788. The van der Waals surface area contributed by atoms with E-state index >= 15 is 0 Å². The summed E-state index contributed by atoms with van der Waals surface area (Å²) in [5, 5.41) is 0. The van der Waals surface area contributed by atoms with E-state index in [-0.39, 0.29) is 5.54 Å². The summed E-state index contributed by atoms with van der Waals surface area (Å²) < 4.78 is 5.78. The first-order chi connectivity index (χ1) is 8.39. The molecule has 1 saturated carbocycles. The Labute approximate surface area is 113 Å². The highest BCUT2D eigenvalue weighted by Crippen LogP contribution is 2.40. The molecule has 2 nitrogen and oxygen atoms in total. The minimum absolute atomic E-state index is 0.0506. The smallest absolute Gasteiger partial charge is 0.0593 e. The zero-order chi connectivity index (χ0) is 13.2. The molecule has 2 aliphatic rings. The van der Waals surface area contributed by atoms with Crippen LogP contribution in [0.15, 0.2) is 0 Å². The first kappa shape index (κ1) is 14.3. The second-order valence-electron chi connectivity index (χ2n) is 7.70. The van der Waals surface area contributed by atoms with Crippen LogP contribution in [0.5, 0.6) is 0 Å². The van der Waals surface area contributed by atoms with Gasteiger partial charge in [-0.2, -0.15) is 0 Å². The van der Waals surface area contributed by atoms with Crippen LogP contribution in [-0.4, -0.2) is 18.2 Å². The van der Waals surface area contributed by atoms with E-state index in [0.29, 0.717) is 11.5 Å². The highest BCUT2D eigenvalue weighted by Gasteiger charge is 2.35. The van der Waals surface area contributed by atoms with Gasteiger partial charge < -0.3 is 10.5 Å². The van der Waals surface area contributed by atoms with E-state index < -0.39 is 0 Å². The first-order valence-electron chi connectivity index (χ1n) is 7.80. The van der Waals surface area contributed by atoms with Crippen LogP contribution in [0.1, 0.15) is 72.1 Å². The normalized spacial score (nSPS) is 38.7. The van der Waals surface area contributed by atoms with E-state index in [1.165, 1.54) is 44.9 Å². The summed E-state index contributed by atoms with van der Waals surface area (Å²) in [7, 11) is 0. The van der Waals surface area contributed by atoms with Gasteiger partial charge in [-0.05, 0) is 56.3 Å². The molecule has 2 N–H and O–H groups in total. The van der Waals surface area contributed by atoms with Gasteiger partial charge in [0, 0.05) is 12.1 Å². The van der Waals surface area contributed by atoms with Gasteiger partial charge in [-0.15, -0.1) is 0 Å². The second-order valence-corrected chi connectivity index (χ2v) is 7.70. The van der Waals surface area contributed by atoms with Crippen molar-refractivity contribution in [2.24, 2.45) is 17.1 Å². The molecule has 0 spiro atoms. The third-order valence-corrected chi connectivity index (χ3v) is 5.10. The second kappa shape index (κ2) is 5.50. The summed E-state index contributed by atoms with van der Waals surface area (Å²) in [4.78, 5) is 0. The maximum Gasteiger partial charge on any atom is 0.0593 e. The average Bonchev–Trinajstić information content (AvgIpc) is 2.65. The molecule has 1 aliphatic carbocycles. The molecule has 1 saturated heterocycles. The van der Waals surface area contributed by atoms with Crippen LogP contribution in [0.2, 0.25) is 0 Å². The fraction of sp³-hybridized carbons (Fsp3) is 1.00. The van der Waals surface area contributed by atoms with Crippen LogP contribution in [0.25, 0.3) is 0 Å². The van der Waals surface area contributed by atoms with Gasteiger partial charge in [-0.1, -0.05) is 27.2 Å². The lowest BCUT2D eigenvalue weighted by Gasteiger charge is -2.32. The highest BCUT2D eigenvalue weighted by atomic mass is 16.5. The minimum Gasteiger partial charge on any atom is -0.378 e. The van der Waals surface area contributed by atoms with Crippen LogP contribution in [0.3, 0.4) is 0 Å². The van der Waals surface area contributed by atoms with Gasteiger partial charge in [0.25, 0.3) is 0 Å². The molecular weight excluding hydrogens is 222 g/mol. The summed E-state index contributed by atoms with van der Waals surface area (Å²) >= 11 is 0. The van der Waals surface area contributed by atoms with Gasteiger partial charge in [0.05, 0.1) is 6.10 Å². The third-order valence-electron chi connectivity index (χ3n) is 5.10. The summed E-state index contributed by atoms with van der Waals surface area (Å²) in [5.74, 6) is 0.840. The molecule has 2 rings (SSSR count). The van der Waals surface area contributed by atoms with Crippen LogP contribution in [0.4, 0.5) is 0 Å². The Bertz CT molecular complexity index is 265. The van der Waals surface area contributed by atoms with Crippen LogP contribution in [-0.2, 0) is 4.74 Å². The topological polar surface area (TPSA) is 35.2 Å². The Hall–Kier alpha value is -0.0800. The fourth-order valence-corrected chi connectivity index (χ4v) is 3.76. The largest absolute Gasteiger partial charge is 0.378 e. The number of hydrogen-bond donors (Lipinski definition) is 1. The van der Waals surface area contributed by atoms with Crippen LogP contribution in [0, 0.1) is 11.3 Å². The molecular formula is C16H31NO. The Balaban J connectivity index is 1.90. The van der Waals surface area contributed by atoms with Gasteiger partial charge in [0.1, 0.15) is 0 Å². The van der Waals surface area contributed by atoms with Crippen molar-refractivity contribution in [1.82, 2.24) is 0 Å². The minimum atomic E-state index is 0.0506. The van der Waals surface area contributed by atoms with Crippen molar-refractivity contribution in [2.45, 2.75) is 83.8 Å². The number of ether oxygens (including phenoxy) is 1. The third kappa shape index (κ3) is 3.71. The quantitative estimate of drug-likeness (QED) is 0.758. The van der Waals surface area contributed by atoms with E-state index in [1.54, 1.807) is 0 Å². The molecule has 0 amide bonds. The van der Waals surface area contributed by atoms with Crippen molar-refractivity contribution in [1.29, 1.82) is 0 Å². The SMILES string of the molecule is CC(C)(C)C1CCCC(N)(CC2CCCO2)CC1. The number of rotatable bonds is 2. The van der Waals surface area contributed by atoms with Gasteiger partial charge >= 0.3 is 0 Å². The maximum atomic E-state index is 6.66. The standard InChI is InChI=1S/C16H31NO/c1-15(2,3)13-6-4-9-16(17,10-8-13)12-14-7-5-11-18-14/h13-14H,4-12,17H2,1-3H3. The summed E-state index contributed by atoms with van der Waals surface area (Å²) in [6, 6.07) is 0. The van der Waals surface area contributed by atoms with E-state index in [9.17, 15) is 0 Å². The monoisotopic (exact) mass is 253 g/mol. The van der Waals surface area contributed by atoms with Crippen molar-refractivity contribution in [3.8, 4) is 0 Å². The van der Waals surface area contributed by atoms with Crippen LogP contribution >= 0.6 is 0 Å². The predicted molar refractivity (Wildman–Crippen MR) is 76.5 cm³/mol. The lowest BCUT2D eigenvalue weighted by Crippen LogP contribution is -2.42. The number of hydrogen-bond acceptors (Lipinski definition) is 2. The van der Waals surface area contributed by atoms with Crippen molar-refractivity contribution < 1.29 is 4.74 Å². The molecule has 0 radical (unpaired) electrons. The summed E-state index contributed by atoms with van der Waals surface area (Å²) in [6.07, 6.45) is 10.3. The number of nitrogens with two attached hydrogens (primary N) is 1. The molecule has 2 fully saturated rings. The molecule has 1 heterocycles. The fourth-order valence-electron chi connectivity index (χ4n) is 3.76. The average molecular weight is 253 g/mol. The molecule has 3 atom stereocenters. The highest BCUT2D eigenvalue weighted by molar-refractivity contribution is 4.92. The van der Waals surface area contributed by atoms with E-state index in [2.05, 4.69) is 20.8 Å². The van der Waals surface area contributed by atoms with Gasteiger partial charge in [0.2, 0.25) is 0 Å². The molecule has 0 aromatic heterocycles. The van der Waals surface area contributed by atoms with E-state index in [1.807, 2.05) is 0 Å². The van der Waals surface area contributed by atoms with E-state index in [4.69, 9.17) is 10.5 Å². The van der Waals surface area contributed by atoms with Crippen LogP contribution < -0.4 is 5.73 Å². The van der Waals surface area contributed by atoms with Crippen molar-refractivity contribution in [2.75, 3.05) is 6.61 Å². The Morgan fingerprint density at radius 2 is 1.89 bits per heavy atom. The maximum absolute atomic E-state index is 6.66. The predicted octanol–water partition coefficient (Wildman–Crippen LogP) is 3.88. The van der Waals surface area contributed by atoms with E-state index in [0.717, 1.165) is 18.9 Å². The van der Waals surface area contributed by atoms with Gasteiger partial charge in [-0.25, -0.2) is 0 Å². The molecule has 0 aromatic rings. The van der Waals surface area contributed by atoms with Gasteiger partial charge in [-0.3, -0.25) is 0 Å². The zero-order valence-electron chi connectivity index (χ0n) is 12.5. The molecule has 1 aliphatic heterocycles. The molecule has 2 heteroatoms. The molecule has 3 unspecified atom stereocenters. The molecule has 0 aromatic carbocycles. The van der Waals surface area contributed by atoms with Crippen molar-refractivity contribution >= 4 is 0 Å². The lowest BCUT2D eigenvalue weighted by atomic mass is 9.76. The zero-order valence-corrected chi connectivity index (χ0v) is 12.5.